The molecule has 0 radical (unpaired) electrons. The van der Waals surface area contributed by atoms with Crippen molar-refractivity contribution in [1.29, 1.82) is 5.26 Å². The number of aromatic nitrogens is 4. The minimum Gasteiger partial charge on any atom is -0.453 e. The summed E-state index contributed by atoms with van der Waals surface area (Å²) in [6.07, 6.45) is 2.35. The van der Waals surface area contributed by atoms with Gasteiger partial charge < -0.3 is 15.4 Å². The van der Waals surface area contributed by atoms with Gasteiger partial charge in [-0.25, -0.2) is 9.97 Å². The van der Waals surface area contributed by atoms with Gasteiger partial charge in [0.2, 0.25) is 11.9 Å². The molecule has 4 rings (SSSR count). The van der Waals surface area contributed by atoms with Gasteiger partial charge in [-0.05, 0) is 25.1 Å². The lowest BCUT2D eigenvalue weighted by molar-refractivity contribution is -0.131. The fourth-order valence-electron chi connectivity index (χ4n) is 3.33. The second-order valence-electron chi connectivity index (χ2n) is 6.96. The van der Waals surface area contributed by atoms with Crippen LogP contribution in [0.3, 0.4) is 0 Å². The van der Waals surface area contributed by atoms with Gasteiger partial charge in [-0.2, -0.15) is 10.4 Å². The Kier molecular flexibility index (Phi) is 5.25. The molecule has 1 aliphatic heterocycles. The number of halogens is 1. The standard InChI is InChI=1S/C20H18ClN7O2/c1-11-19(30-15-5-12(8-22)4-14(21)6-15)17(27-26-11)7-18(29)28-3-2-16-13(10-28)9-24-20(23)25-16/h4-6,9H,2-3,7,10H2,1H3,(H,26,27)(H2,23,24,25). The number of aromatic amines is 1. The molecule has 1 aromatic carbocycles. The molecule has 3 aromatic rings. The first-order valence-electron chi connectivity index (χ1n) is 9.23. The number of benzene rings is 1. The van der Waals surface area contributed by atoms with Crippen LogP contribution in [0.25, 0.3) is 0 Å². The first-order chi connectivity index (χ1) is 14.4. The van der Waals surface area contributed by atoms with E-state index in [0.29, 0.717) is 53.0 Å². The molecule has 152 valence electrons. The fraction of sp³-hybridized carbons (Fsp3) is 0.250. The van der Waals surface area contributed by atoms with E-state index < -0.39 is 0 Å². The first kappa shape index (κ1) is 19.7. The summed E-state index contributed by atoms with van der Waals surface area (Å²) < 4.78 is 5.93. The third kappa shape index (κ3) is 4.04. The van der Waals surface area contributed by atoms with Crippen LogP contribution in [-0.4, -0.2) is 37.5 Å². The van der Waals surface area contributed by atoms with Crippen LogP contribution in [0.5, 0.6) is 11.5 Å². The van der Waals surface area contributed by atoms with Crippen LogP contribution in [0.4, 0.5) is 5.95 Å². The molecule has 0 saturated carbocycles. The quantitative estimate of drug-likeness (QED) is 0.658. The van der Waals surface area contributed by atoms with Gasteiger partial charge in [0.25, 0.3) is 0 Å². The number of carbonyl (C=O) groups is 1. The van der Waals surface area contributed by atoms with Gasteiger partial charge >= 0.3 is 0 Å². The van der Waals surface area contributed by atoms with Crippen LogP contribution in [0.1, 0.15) is 28.2 Å². The summed E-state index contributed by atoms with van der Waals surface area (Å²) in [6.45, 7) is 2.76. The number of hydrogen-bond donors (Lipinski definition) is 2. The van der Waals surface area contributed by atoms with Crippen molar-refractivity contribution >= 4 is 23.5 Å². The van der Waals surface area contributed by atoms with Crippen LogP contribution < -0.4 is 10.5 Å². The van der Waals surface area contributed by atoms with Gasteiger partial charge in [0.05, 0.1) is 29.4 Å². The molecule has 0 unspecified atom stereocenters. The molecular formula is C20H18ClN7O2. The molecule has 3 heterocycles. The van der Waals surface area contributed by atoms with Crippen molar-refractivity contribution in [3.05, 3.63) is 57.6 Å². The number of nitriles is 1. The topological polar surface area (TPSA) is 134 Å². The zero-order chi connectivity index (χ0) is 21.3. The van der Waals surface area contributed by atoms with E-state index in [9.17, 15) is 4.79 Å². The highest BCUT2D eigenvalue weighted by Gasteiger charge is 2.25. The lowest BCUT2D eigenvalue weighted by Crippen LogP contribution is -2.37. The SMILES string of the molecule is Cc1[nH]nc(CC(=O)N2CCc3nc(N)ncc3C2)c1Oc1cc(Cl)cc(C#N)c1. The fourth-order valence-corrected chi connectivity index (χ4v) is 3.55. The summed E-state index contributed by atoms with van der Waals surface area (Å²) in [5.74, 6) is 1.00. The molecule has 0 saturated heterocycles. The summed E-state index contributed by atoms with van der Waals surface area (Å²) in [5.41, 5.74) is 8.93. The average molecular weight is 424 g/mol. The molecule has 9 nitrogen and oxygen atoms in total. The van der Waals surface area contributed by atoms with E-state index in [2.05, 4.69) is 20.2 Å². The van der Waals surface area contributed by atoms with E-state index in [4.69, 9.17) is 27.3 Å². The molecule has 0 spiro atoms. The molecule has 30 heavy (non-hydrogen) atoms. The lowest BCUT2D eigenvalue weighted by Gasteiger charge is -2.28. The summed E-state index contributed by atoms with van der Waals surface area (Å²) in [7, 11) is 0. The average Bonchev–Trinajstić information content (AvgIpc) is 3.06. The first-order valence-corrected chi connectivity index (χ1v) is 9.61. The van der Waals surface area contributed by atoms with Crippen LogP contribution in [-0.2, 0) is 24.2 Å². The van der Waals surface area contributed by atoms with Gasteiger partial charge in [0, 0.05) is 36.3 Å². The number of H-pyrrole nitrogens is 1. The van der Waals surface area contributed by atoms with Crippen LogP contribution in [0.15, 0.2) is 24.4 Å². The Balaban J connectivity index is 1.51. The Morgan fingerprint density at radius 3 is 3.07 bits per heavy atom. The number of nitrogens with two attached hydrogens (primary N) is 1. The van der Waals surface area contributed by atoms with Crippen LogP contribution in [0.2, 0.25) is 5.02 Å². The predicted octanol–water partition coefficient (Wildman–Crippen LogP) is 2.54. The highest BCUT2D eigenvalue weighted by Crippen LogP contribution is 2.31. The molecule has 1 aliphatic rings. The third-order valence-electron chi connectivity index (χ3n) is 4.81. The van der Waals surface area contributed by atoms with E-state index in [0.717, 1.165) is 11.3 Å². The van der Waals surface area contributed by atoms with Crippen LogP contribution in [0, 0.1) is 18.3 Å². The number of nitrogens with zero attached hydrogens (tertiary/aromatic N) is 5. The molecule has 0 bridgehead atoms. The Morgan fingerprint density at radius 2 is 2.27 bits per heavy atom. The minimum atomic E-state index is -0.0855. The molecule has 3 N–H and O–H groups in total. The van der Waals surface area contributed by atoms with E-state index in [1.165, 1.54) is 0 Å². The van der Waals surface area contributed by atoms with E-state index in [1.54, 1.807) is 36.2 Å². The van der Waals surface area contributed by atoms with Crippen molar-refractivity contribution in [3.63, 3.8) is 0 Å². The second kappa shape index (κ2) is 8.00. The Bertz CT molecular complexity index is 1170. The smallest absolute Gasteiger partial charge is 0.229 e. The Hall–Kier alpha value is -3.64. The number of fused-ring (bicyclic) bond motifs is 1. The van der Waals surface area contributed by atoms with E-state index in [1.807, 2.05) is 6.07 Å². The van der Waals surface area contributed by atoms with Crippen molar-refractivity contribution in [1.82, 2.24) is 25.1 Å². The number of amides is 1. The predicted molar refractivity (Wildman–Crippen MR) is 109 cm³/mol. The normalized spacial score (nSPS) is 12.9. The number of nitrogens with one attached hydrogen (secondary N) is 1. The molecule has 10 heteroatoms. The Labute approximate surface area is 177 Å². The number of anilines is 1. The van der Waals surface area contributed by atoms with Crippen molar-refractivity contribution in [2.24, 2.45) is 0 Å². The van der Waals surface area contributed by atoms with Crippen molar-refractivity contribution in [2.75, 3.05) is 12.3 Å². The molecule has 0 aliphatic carbocycles. The van der Waals surface area contributed by atoms with E-state index >= 15 is 0 Å². The van der Waals surface area contributed by atoms with Crippen LogP contribution >= 0.6 is 11.6 Å². The minimum absolute atomic E-state index is 0.0660. The molecule has 0 atom stereocenters. The number of carbonyl (C=O) groups excluding carboxylic acids is 1. The zero-order valence-corrected chi connectivity index (χ0v) is 16.9. The van der Waals surface area contributed by atoms with Gasteiger partial charge in [-0.15, -0.1) is 0 Å². The maximum absolute atomic E-state index is 12.9. The summed E-state index contributed by atoms with van der Waals surface area (Å²) in [4.78, 5) is 22.9. The molecule has 1 amide bonds. The van der Waals surface area contributed by atoms with Crippen molar-refractivity contribution in [3.8, 4) is 17.6 Å². The number of ether oxygens (including phenoxy) is 1. The van der Waals surface area contributed by atoms with Gasteiger partial charge in [0.15, 0.2) is 5.75 Å². The van der Waals surface area contributed by atoms with Gasteiger partial charge in [-0.1, -0.05) is 11.6 Å². The number of aryl methyl sites for hydroxylation is 1. The summed E-state index contributed by atoms with van der Waals surface area (Å²) in [5, 5.41) is 16.6. The maximum Gasteiger partial charge on any atom is 0.229 e. The lowest BCUT2D eigenvalue weighted by atomic mass is 10.1. The second-order valence-corrected chi connectivity index (χ2v) is 7.39. The summed E-state index contributed by atoms with van der Waals surface area (Å²) in [6, 6.07) is 6.77. The largest absolute Gasteiger partial charge is 0.453 e. The monoisotopic (exact) mass is 423 g/mol. The van der Waals surface area contributed by atoms with Gasteiger partial charge in [0.1, 0.15) is 11.4 Å². The van der Waals surface area contributed by atoms with Gasteiger partial charge in [-0.3, -0.25) is 9.89 Å². The summed E-state index contributed by atoms with van der Waals surface area (Å²) >= 11 is 6.05. The maximum atomic E-state index is 12.9. The van der Waals surface area contributed by atoms with Crippen molar-refractivity contribution < 1.29 is 9.53 Å². The molecule has 0 fully saturated rings. The number of rotatable bonds is 4. The molecule has 2 aromatic heterocycles. The highest BCUT2D eigenvalue weighted by molar-refractivity contribution is 6.30. The van der Waals surface area contributed by atoms with Crippen molar-refractivity contribution in [2.45, 2.75) is 26.3 Å². The number of hydrogen-bond acceptors (Lipinski definition) is 7. The third-order valence-corrected chi connectivity index (χ3v) is 5.02. The highest BCUT2D eigenvalue weighted by atomic mass is 35.5. The number of nitrogen functional groups attached to an aromatic ring is 1. The Morgan fingerprint density at radius 1 is 1.43 bits per heavy atom. The zero-order valence-electron chi connectivity index (χ0n) is 16.1. The van der Waals surface area contributed by atoms with E-state index in [-0.39, 0.29) is 18.3 Å². The molecular weight excluding hydrogens is 406 g/mol.